The van der Waals surface area contributed by atoms with Gasteiger partial charge >= 0.3 is 11.1 Å². The Hall–Kier alpha value is -1.90. The van der Waals surface area contributed by atoms with Crippen molar-refractivity contribution in [2.24, 2.45) is 0 Å². The highest BCUT2D eigenvalue weighted by Crippen LogP contribution is 2.21. The summed E-state index contributed by atoms with van der Waals surface area (Å²) in [7, 11) is 0. The summed E-state index contributed by atoms with van der Waals surface area (Å²) in [6.45, 7) is 0. The third-order valence-electron chi connectivity index (χ3n) is 2.57. The fourth-order valence-electron chi connectivity index (χ4n) is 1.73. The van der Waals surface area contributed by atoms with Crippen molar-refractivity contribution in [3.63, 3.8) is 0 Å². The Labute approximate surface area is 114 Å². The zero-order valence-corrected chi connectivity index (χ0v) is 11.1. The molecule has 3 rings (SSSR count). The van der Waals surface area contributed by atoms with Gasteiger partial charge in [0, 0.05) is 16.0 Å². The van der Waals surface area contributed by atoms with Gasteiger partial charge in [-0.3, -0.25) is 9.59 Å². The third-order valence-corrected chi connectivity index (χ3v) is 3.44. The van der Waals surface area contributed by atoms with Gasteiger partial charge < -0.3 is 14.5 Å². The number of nitrogens with zero attached hydrogens (tertiary/aromatic N) is 2. The molecule has 90 valence electrons. The number of halogens is 1. The van der Waals surface area contributed by atoms with Crippen LogP contribution in [0.25, 0.3) is 16.7 Å². The summed E-state index contributed by atoms with van der Waals surface area (Å²) in [5.41, 5.74) is 0.786. The van der Waals surface area contributed by atoms with Gasteiger partial charge in [0.15, 0.2) is 0 Å². The molecular formula is C11H7IN4O2. The molecule has 0 aliphatic rings. The first-order chi connectivity index (χ1) is 8.65. The van der Waals surface area contributed by atoms with Crippen LogP contribution < -0.4 is 11.1 Å². The van der Waals surface area contributed by atoms with Crippen molar-refractivity contribution in [2.75, 3.05) is 0 Å². The minimum Gasteiger partial charge on any atom is -0.316 e. The molecule has 0 atom stereocenters. The molecule has 1 aromatic carbocycles. The number of rotatable bonds is 1. The molecule has 2 aromatic heterocycles. The van der Waals surface area contributed by atoms with E-state index in [2.05, 4.69) is 37.5 Å². The number of benzene rings is 1. The maximum atomic E-state index is 11.3. The molecule has 0 unspecified atom stereocenters. The van der Waals surface area contributed by atoms with Crippen LogP contribution in [0.1, 0.15) is 0 Å². The van der Waals surface area contributed by atoms with Gasteiger partial charge in [-0.05, 0) is 34.7 Å². The van der Waals surface area contributed by atoms with Crippen LogP contribution in [0, 0.1) is 3.57 Å². The molecule has 3 aromatic rings. The maximum absolute atomic E-state index is 11.3. The highest BCUT2D eigenvalue weighted by Gasteiger charge is 2.06. The van der Waals surface area contributed by atoms with Gasteiger partial charge in [-0.15, -0.1) is 0 Å². The summed E-state index contributed by atoms with van der Waals surface area (Å²) in [5.74, 6) is 0. The molecule has 0 saturated carbocycles. The summed E-state index contributed by atoms with van der Waals surface area (Å²) >= 11 is 2.17. The van der Waals surface area contributed by atoms with Crippen LogP contribution in [0.5, 0.6) is 0 Å². The number of nitrogens with one attached hydrogen (secondary N) is 2. The number of H-pyrrole nitrogens is 2. The van der Waals surface area contributed by atoms with E-state index in [9.17, 15) is 9.59 Å². The smallest absolute Gasteiger partial charge is 0.314 e. The number of hydrogen-bond acceptors (Lipinski definition) is 3. The summed E-state index contributed by atoms with van der Waals surface area (Å²) in [6, 6.07) is 3.61. The van der Waals surface area contributed by atoms with Crippen LogP contribution >= 0.6 is 22.6 Å². The molecule has 7 heteroatoms. The van der Waals surface area contributed by atoms with Crippen molar-refractivity contribution in [2.45, 2.75) is 0 Å². The van der Waals surface area contributed by atoms with Gasteiger partial charge in [-0.2, -0.15) is 0 Å². The molecule has 6 nitrogen and oxygen atoms in total. The predicted molar refractivity (Wildman–Crippen MR) is 75.0 cm³/mol. The molecule has 2 N–H and O–H groups in total. The Kier molecular flexibility index (Phi) is 2.54. The molecule has 0 saturated heterocycles. The van der Waals surface area contributed by atoms with Crippen molar-refractivity contribution in [3.05, 3.63) is 55.1 Å². The molecular weight excluding hydrogens is 347 g/mol. The maximum Gasteiger partial charge on any atom is 0.314 e. The van der Waals surface area contributed by atoms with E-state index in [0.29, 0.717) is 11.0 Å². The molecule has 0 spiro atoms. The minimum atomic E-state index is -0.653. The number of aromatic amines is 2. The van der Waals surface area contributed by atoms with E-state index in [1.54, 1.807) is 18.6 Å². The fourth-order valence-corrected chi connectivity index (χ4v) is 2.47. The lowest BCUT2D eigenvalue weighted by Gasteiger charge is -2.07. The van der Waals surface area contributed by atoms with Crippen molar-refractivity contribution < 1.29 is 0 Å². The average Bonchev–Trinajstić information content (AvgIpc) is 2.84. The van der Waals surface area contributed by atoms with Crippen LogP contribution in [-0.4, -0.2) is 19.5 Å². The van der Waals surface area contributed by atoms with Crippen LogP contribution in [0.4, 0.5) is 0 Å². The van der Waals surface area contributed by atoms with Crippen LogP contribution in [0.3, 0.4) is 0 Å². The van der Waals surface area contributed by atoms with Gasteiger partial charge in [0.05, 0.1) is 23.0 Å². The van der Waals surface area contributed by atoms with Gasteiger partial charge in [0.25, 0.3) is 0 Å². The van der Waals surface area contributed by atoms with Gasteiger partial charge in [0.2, 0.25) is 0 Å². The number of hydrogen-bond donors (Lipinski definition) is 2. The second-order valence-corrected chi connectivity index (χ2v) is 4.89. The molecule has 0 bridgehead atoms. The van der Waals surface area contributed by atoms with Crippen molar-refractivity contribution >= 4 is 33.6 Å². The molecule has 2 heterocycles. The first-order valence-corrected chi connectivity index (χ1v) is 6.17. The Morgan fingerprint density at radius 3 is 2.39 bits per heavy atom. The molecule has 18 heavy (non-hydrogen) atoms. The largest absolute Gasteiger partial charge is 0.316 e. The molecule has 0 fully saturated rings. The minimum absolute atomic E-state index is 0.587. The summed E-state index contributed by atoms with van der Waals surface area (Å²) in [4.78, 5) is 31.6. The van der Waals surface area contributed by atoms with Crippen LogP contribution in [-0.2, 0) is 0 Å². The standard InChI is InChI=1S/C11H7IN4O2/c12-6-3-7-8(15-11(18)10(17)14-7)4-9(6)16-2-1-13-5-16/h1-5H,(H,14,17)(H,15,18). The predicted octanol–water partition coefficient (Wildman–Crippen LogP) is 1.01. The number of imidazole rings is 1. The summed E-state index contributed by atoms with van der Waals surface area (Å²) < 4.78 is 2.78. The summed E-state index contributed by atoms with van der Waals surface area (Å²) in [6.07, 6.45) is 5.16. The van der Waals surface area contributed by atoms with Gasteiger partial charge in [0.1, 0.15) is 0 Å². The first-order valence-electron chi connectivity index (χ1n) is 5.09. The van der Waals surface area contributed by atoms with Crippen molar-refractivity contribution in [1.82, 2.24) is 19.5 Å². The van der Waals surface area contributed by atoms with Crippen LogP contribution in [0.2, 0.25) is 0 Å². The summed E-state index contributed by atoms with van der Waals surface area (Å²) in [5, 5.41) is 0. The second kappa shape index (κ2) is 4.09. The van der Waals surface area contributed by atoms with E-state index < -0.39 is 11.1 Å². The second-order valence-electron chi connectivity index (χ2n) is 3.73. The van der Waals surface area contributed by atoms with Crippen molar-refractivity contribution in [1.29, 1.82) is 0 Å². The first kappa shape index (κ1) is 11.2. The topological polar surface area (TPSA) is 83.5 Å². The number of aromatic nitrogens is 4. The third kappa shape index (κ3) is 1.76. The van der Waals surface area contributed by atoms with E-state index in [1.807, 2.05) is 16.8 Å². The van der Waals surface area contributed by atoms with E-state index in [1.165, 1.54) is 0 Å². The van der Waals surface area contributed by atoms with Gasteiger partial charge in [-0.1, -0.05) is 0 Å². The molecule has 0 aliphatic carbocycles. The molecule has 0 aliphatic heterocycles. The SMILES string of the molecule is O=c1[nH]c2cc(I)c(-n3ccnc3)cc2[nH]c1=O. The zero-order chi connectivity index (χ0) is 12.7. The molecule has 0 radical (unpaired) electrons. The monoisotopic (exact) mass is 354 g/mol. The quantitative estimate of drug-likeness (QED) is 0.505. The highest BCUT2D eigenvalue weighted by atomic mass is 127. The zero-order valence-electron chi connectivity index (χ0n) is 8.98. The lowest BCUT2D eigenvalue weighted by Crippen LogP contribution is -2.29. The Morgan fingerprint density at radius 1 is 1.11 bits per heavy atom. The fraction of sp³-hybridized carbons (Fsp3) is 0. The van der Waals surface area contributed by atoms with E-state index in [4.69, 9.17) is 0 Å². The number of fused-ring (bicyclic) bond motifs is 1. The van der Waals surface area contributed by atoms with E-state index in [0.717, 1.165) is 9.26 Å². The van der Waals surface area contributed by atoms with E-state index in [-0.39, 0.29) is 0 Å². The Balaban J connectivity index is 2.37. The van der Waals surface area contributed by atoms with Crippen LogP contribution in [0.15, 0.2) is 40.4 Å². The molecule has 0 amide bonds. The Bertz CT molecular complexity index is 832. The lowest BCUT2D eigenvalue weighted by molar-refractivity contribution is 1.05. The lowest BCUT2D eigenvalue weighted by atomic mass is 10.2. The van der Waals surface area contributed by atoms with Crippen molar-refractivity contribution in [3.8, 4) is 5.69 Å². The highest BCUT2D eigenvalue weighted by molar-refractivity contribution is 14.1. The van der Waals surface area contributed by atoms with Gasteiger partial charge in [-0.25, -0.2) is 4.98 Å². The van der Waals surface area contributed by atoms with E-state index >= 15 is 0 Å². The normalized spacial score (nSPS) is 10.9. The Morgan fingerprint density at radius 2 is 1.78 bits per heavy atom. The average molecular weight is 354 g/mol.